The number of fused-ring (bicyclic) bond motifs is 1. The van der Waals surface area contributed by atoms with E-state index in [1.54, 1.807) is 25.6 Å². The summed E-state index contributed by atoms with van der Waals surface area (Å²) in [7, 11) is 3.25. The highest BCUT2D eigenvalue weighted by Gasteiger charge is 2.17. The molecule has 5 heteroatoms. The van der Waals surface area contributed by atoms with Gasteiger partial charge in [-0.05, 0) is 55.5 Å². The van der Waals surface area contributed by atoms with Gasteiger partial charge in [0.25, 0.3) is 5.91 Å². The first-order valence-electron chi connectivity index (χ1n) is 7.82. The minimum atomic E-state index is -0.0192. The summed E-state index contributed by atoms with van der Waals surface area (Å²) in [5.74, 6) is 1.48. The molecule has 1 aromatic carbocycles. The molecule has 1 aliphatic rings. The lowest BCUT2D eigenvalue weighted by atomic mass is 9.99. The molecular formula is C18H21NO3S. The van der Waals surface area contributed by atoms with Gasteiger partial charge in [-0.1, -0.05) is 0 Å². The van der Waals surface area contributed by atoms with Crippen LogP contribution < -0.4 is 14.8 Å². The van der Waals surface area contributed by atoms with Gasteiger partial charge in [-0.3, -0.25) is 4.79 Å². The molecule has 0 saturated heterocycles. The highest BCUT2D eigenvalue weighted by Crippen LogP contribution is 2.30. The number of carbonyl (C=O) groups is 1. The van der Waals surface area contributed by atoms with Crippen molar-refractivity contribution >= 4 is 17.2 Å². The first-order valence-corrected chi connectivity index (χ1v) is 8.63. The number of hydrogen-bond donors (Lipinski definition) is 1. The summed E-state index contributed by atoms with van der Waals surface area (Å²) in [6.45, 7) is 0.418. The number of aryl methyl sites for hydroxylation is 2. The predicted molar refractivity (Wildman–Crippen MR) is 91.7 cm³/mol. The summed E-state index contributed by atoms with van der Waals surface area (Å²) >= 11 is 1.63. The van der Waals surface area contributed by atoms with Crippen LogP contribution in [0.1, 0.15) is 38.5 Å². The van der Waals surface area contributed by atoms with E-state index < -0.39 is 0 Å². The molecule has 0 unspecified atom stereocenters. The van der Waals surface area contributed by atoms with Crippen molar-refractivity contribution in [1.82, 2.24) is 5.32 Å². The Kier molecular flexibility index (Phi) is 4.86. The number of hydrogen-bond acceptors (Lipinski definition) is 4. The van der Waals surface area contributed by atoms with E-state index in [4.69, 9.17) is 9.47 Å². The topological polar surface area (TPSA) is 47.6 Å². The standard InChI is InChI=1S/C18H21NO3S/c1-21-14-7-8-15(22-2)13(9-14)11-19-18(20)17-10-12-5-3-4-6-16(12)23-17/h7-10H,3-6,11H2,1-2H3,(H,19,20). The van der Waals surface area contributed by atoms with E-state index in [1.807, 2.05) is 18.2 Å². The van der Waals surface area contributed by atoms with E-state index in [0.717, 1.165) is 34.8 Å². The number of nitrogens with one attached hydrogen (secondary N) is 1. The first kappa shape index (κ1) is 15.9. The Morgan fingerprint density at radius 1 is 1.17 bits per heavy atom. The second-order valence-corrected chi connectivity index (χ2v) is 6.76. The lowest BCUT2D eigenvalue weighted by Gasteiger charge is -2.11. The summed E-state index contributed by atoms with van der Waals surface area (Å²) in [6.07, 6.45) is 4.67. The lowest BCUT2D eigenvalue weighted by Crippen LogP contribution is -2.22. The molecule has 1 aliphatic carbocycles. The molecule has 0 atom stereocenters. The average Bonchev–Trinajstić information content (AvgIpc) is 3.03. The van der Waals surface area contributed by atoms with E-state index >= 15 is 0 Å². The van der Waals surface area contributed by atoms with E-state index in [9.17, 15) is 4.79 Å². The van der Waals surface area contributed by atoms with Gasteiger partial charge in [0, 0.05) is 17.0 Å². The van der Waals surface area contributed by atoms with Crippen molar-refractivity contribution in [1.29, 1.82) is 0 Å². The fourth-order valence-electron chi connectivity index (χ4n) is 2.89. The molecule has 1 heterocycles. The molecule has 0 saturated carbocycles. The van der Waals surface area contributed by atoms with Gasteiger partial charge in [0.15, 0.2) is 0 Å². The molecule has 0 spiro atoms. The molecule has 122 valence electrons. The summed E-state index contributed by atoms with van der Waals surface area (Å²) in [5, 5.41) is 2.99. The molecule has 0 aliphatic heterocycles. The Bertz CT molecular complexity index is 685. The molecular weight excluding hydrogens is 310 g/mol. The predicted octanol–water partition coefficient (Wildman–Crippen LogP) is 3.57. The molecule has 2 aromatic rings. The maximum atomic E-state index is 12.4. The second-order valence-electron chi connectivity index (χ2n) is 5.63. The smallest absolute Gasteiger partial charge is 0.261 e. The Balaban J connectivity index is 1.70. The number of thiophene rings is 1. The first-order chi connectivity index (χ1) is 11.2. The number of benzene rings is 1. The van der Waals surface area contributed by atoms with Crippen LogP contribution in [0.4, 0.5) is 0 Å². The van der Waals surface area contributed by atoms with Crippen LogP contribution >= 0.6 is 11.3 Å². The van der Waals surface area contributed by atoms with Crippen molar-refractivity contribution in [2.75, 3.05) is 14.2 Å². The molecule has 4 nitrogen and oxygen atoms in total. The van der Waals surface area contributed by atoms with Crippen molar-refractivity contribution in [2.45, 2.75) is 32.2 Å². The van der Waals surface area contributed by atoms with Gasteiger partial charge in [0.2, 0.25) is 0 Å². The number of carbonyl (C=O) groups excluding carboxylic acids is 1. The Labute approximate surface area is 140 Å². The van der Waals surface area contributed by atoms with Crippen LogP contribution in [-0.2, 0) is 19.4 Å². The molecule has 0 fully saturated rings. The van der Waals surface area contributed by atoms with E-state index in [0.29, 0.717) is 6.54 Å². The van der Waals surface area contributed by atoms with Crippen LogP contribution in [0.2, 0.25) is 0 Å². The maximum Gasteiger partial charge on any atom is 0.261 e. The third-order valence-electron chi connectivity index (χ3n) is 4.15. The minimum absolute atomic E-state index is 0.0192. The molecule has 3 rings (SSSR count). The summed E-state index contributed by atoms with van der Waals surface area (Å²) in [5.41, 5.74) is 2.26. The van der Waals surface area contributed by atoms with Gasteiger partial charge in [-0.25, -0.2) is 0 Å². The fraction of sp³-hybridized carbons (Fsp3) is 0.389. The zero-order chi connectivity index (χ0) is 16.2. The van der Waals surface area contributed by atoms with E-state index in [1.165, 1.54) is 23.3 Å². The summed E-state index contributed by atoms with van der Waals surface area (Å²) < 4.78 is 10.6. The Morgan fingerprint density at radius 3 is 2.74 bits per heavy atom. The van der Waals surface area contributed by atoms with Crippen LogP contribution in [-0.4, -0.2) is 20.1 Å². The van der Waals surface area contributed by atoms with Gasteiger partial charge < -0.3 is 14.8 Å². The molecule has 1 aromatic heterocycles. The number of ether oxygens (including phenoxy) is 2. The van der Waals surface area contributed by atoms with Gasteiger partial charge >= 0.3 is 0 Å². The maximum absolute atomic E-state index is 12.4. The quantitative estimate of drug-likeness (QED) is 0.911. The van der Waals surface area contributed by atoms with Crippen molar-refractivity contribution in [3.8, 4) is 11.5 Å². The van der Waals surface area contributed by atoms with Gasteiger partial charge in [-0.15, -0.1) is 11.3 Å². The Morgan fingerprint density at radius 2 is 2.00 bits per heavy atom. The van der Waals surface area contributed by atoms with Gasteiger partial charge in [0.1, 0.15) is 11.5 Å². The minimum Gasteiger partial charge on any atom is -0.497 e. The number of rotatable bonds is 5. The Hall–Kier alpha value is -2.01. The molecule has 0 radical (unpaired) electrons. The van der Waals surface area contributed by atoms with Gasteiger partial charge in [0.05, 0.1) is 19.1 Å². The van der Waals surface area contributed by atoms with Crippen LogP contribution in [0.15, 0.2) is 24.3 Å². The SMILES string of the molecule is COc1ccc(OC)c(CNC(=O)c2cc3c(s2)CCCC3)c1. The van der Waals surface area contributed by atoms with Crippen molar-refractivity contribution in [3.05, 3.63) is 45.1 Å². The normalized spacial score (nSPS) is 13.3. The number of methoxy groups -OCH3 is 2. The average molecular weight is 331 g/mol. The van der Waals surface area contributed by atoms with Gasteiger partial charge in [-0.2, -0.15) is 0 Å². The highest BCUT2D eigenvalue weighted by molar-refractivity contribution is 7.14. The monoisotopic (exact) mass is 331 g/mol. The van der Waals surface area contributed by atoms with E-state index in [-0.39, 0.29) is 5.91 Å². The van der Waals surface area contributed by atoms with E-state index in [2.05, 4.69) is 11.4 Å². The molecule has 0 bridgehead atoms. The summed E-state index contributed by atoms with van der Waals surface area (Å²) in [6, 6.07) is 7.64. The lowest BCUT2D eigenvalue weighted by molar-refractivity contribution is 0.0954. The van der Waals surface area contributed by atoms with Crippen molar-refractivity contribution in [2.24, 2.45) is 0 Å². The largest absolute Gasteiger partial charge is 0.497 e. The van der Waals surface area contributed by atoms with Crippen molar-refractivity contribution in [3.63, 3.8) is 0 Å². The molecule has 1 N–H and O–H groups in total. The summed E-state index contributed by atoms with van der Waals surface area (Å²) in [4.78, 5) is 14.6. The van der Waals surface area contributed by atoms with Crippen LogP contribution in [0.5, 0.6) is 11.5 Å². The zero-order valence-corrected chi connectivity index (χ0v) is 14.3. The molecule has 23 heavy (non-hydrogen) atoms. The third-order valence-corrected chi connectivity index (χ3v) is 5.38. The van der Waals surface area contributed by atoms with Crippen LogP contribution in [0.25, 0.3) is 0 Å². The van der Waals surface area contributed by atoms with Crippen molar-refractivity contribution < 1.29 is 14.3 Å². The fourth-order valence-corrected chi connectivity index (χ4v) is 4.06. The zero-order valence-electron chi connectivity index (χ0n) is 13.5. The second kappa shape index (κ2) is 7.04. The van der Waals surface area contributed by atoms with Crippen LogP contribution in [0, 0.1) is 0 Å². The number of amides is 1. The van der Waals surface area contributed by atoms with Crippen LogP contribution in [0.3, 0.4) is 0 Å². The molecule has 1 amide bonds. The highest BCUT2D eigenvalue weighted by atomic mass is 32.1. The third kappa shape index (κ3) is 3.50.